The molecule has 3 rings (SSSR count). The van der Waals surface area contributed by atoms with E-state index in [1.54, 1.807) is 20.8 Å². The van der Waals surface area contributed by atoms with Crippen LogP contribution in [0.2, 0.25) is 0 Å². The van der Waals surface area contributed by atoms with Crippen LogP contribution in [0, 0.1) is 5.92 Å². The van der Waals surface area contributed by atoms with E-state index < -0.39 is 29.4 Å². The first-order chi connectivity index (χ1) is 15.3. The molecular formula is C25H28BrNO5. The van der Waals surface area contributed by atoms with Crippen molar-refractivity contribution in [3.05, 3.63) is 75.9 Å². The molecule has 2 aromatic carbocycles. The molecule has 7 heteroatoms. The molecule has 170 valence electrons. The van der Waals surface area contributed by atoms with E-state index in [2.05, 4.69) is 21.2 Å². The number of carbonyl (C=O) groups is 2. The van der Waals surface area contributed by atoms with Gasteiger partial charge in [0.2, 0.25) is 0 Å². The molecule has 0 heterocycles. The Labute approximate surface area is 196 Å². The van der Waals surface area contributed by atoms with Crippen LogP contribution in [0.15, 0.2) is 70.3 Å². The zero-order valence-electron chi connectivity index (χ0n) is 18.4. The summed E-state index contributed by atoms with van der Waals surface area (Å²) in [7, 11) is 0. The Kier molecular flexibility index (Phi) is 7.74. The van der Waals surface area contributed by atoms with Crippen molar-refractivity contribution < 1.29 is 24.2 Å². The first-order valence-corrected chi connectivity index (χ1v) is 11.4. The van der Waals surface area contributed by atoms with Crippen molar-refractivity contribution in [1.29, 1.82) is 0 Å². The minimum atomic E-state index is -1.46. The predicted molar refractivity (Wildman–Crippen MR) is 126 cm³/mol. The topological polar surface area (TPSA) is 84.9 Å². The molecule has 3 atom stereocenters. The molecule has 0 saturated carbocycles. The van der Waals surface area contributed by atoms with Crippen molar-refractivity contribution in [2.75, 3.05) is 18.5 Å². The number of esters is 2. The van der Waals surface area contributed by atoms with Crippen molar-refractivity contribution in [2.24, 2.45) is 5.92 Å². The largest absolute Gasteiger partial charge is 0.466 e. The number of hydrogen-bond donors (Lipinski definition) is 2. The second kappa shape index (κ2) is 10.3. The van der Waals surface area contributed by atoms with Crippen molar-refractivity contribution in [3.8, 4) is 0 Å². The summed E-state index contributed by atoms with van der Waals surface area (Å²) >= 11 is 3.42. The summed E-state index contributed by atoms with van der Waals surface area (Å²) in [5.74, 6) is -2.78. The Morgan fingerprint density at radius 1 is 1.06 bits per heavy atom. The number of anilines is 1. The normalized spacial score (nSPS) is 22.9. The van der Waals surface area contributed by atoms with Crippen LogP contribution in [0.3, 0.4) is 0 Å². The number of rotatable bonds is 7. The first-order valence-electron chi connectivity index (χ1n) is 10.6. The summed E-state index contributed by atoms with van der Waals surface area (Å²) in [5, 5.41) is 14.7. The van der Waals surface area contributed by atoms with Gasteiger partial charge in [0.05, 0.1) is 30.3 Å². The Balaban J connectivity index is 2.21. The molecule has 0 saturated heterocycles. The lowest BCUT2D eigenvalue weighted by molar-refractivity contribution is -0.159. The molecule has 0 spiro atoms. The molecule has 0 aromatic heterocycles. The van der Waals surface area contributed by atoms with E-state index in [-0.39, 0.29) is 19.6 Å². The molecule has 32 heavy (non-hydrogen) atoms. The second-order valence-electron chi connectivity index (χ2n) is 7.90. The Hall–Kier alpha value is -2.64. The SMILES string of the molecule is CCOC(=O)C1=C(Nc2ccc(Br)cc2)C[C@](C)(O)[C@H](C(=O)OCC)[C@@H]1c1ccccc1. The highest BCUT2D eigenvalue weighted by Crippen LogP contribution is 2.48. The monoisotopic (exact) mass is 501 g/mol. The molecule has 1 aliphatic rings. The minimum Gasteiger partial charge on any atom is -0.466 e. The van der Waals surface area contributed by atoms with Crippen molar-refractivity contribution >= 4 is 33.6 Å². The van der Waals surface area contributed by atoms with Crippen LogP contribution < -0.4 is 5.32 Å². The van der Waals surface area contributed by atoms with Crippen LogP contribution in [0.1, 0.15) is 38.7 Å². The molecule has 6 nitrogen and oxygen atoms in total. The van der Waals surface area contributed by atoms with Gasteiger partial charge in [0.1, 0.15) is 0 Å². The van der Waals surface area contributed by atoms with Crippen LogP contribution in [0.4, 0.5) is 5.69 Å². The lowest BCUT2D eigenvalue weighted by atomic mass is 9.66. The third-order valence-electron chi connectivity index (χ3n) is 5.51. The molecular weight excluding hydrogens is 474 g/mol. The molecule has 0 unspecified atom stereocenters. The van der Waals surface area contributed by atoms with Gasteiger partial charge >= 0.3 is 11.9 Å². The van der Waals surface area contributed by atoms with Gasteiger partial charge in [0.25, 0.3) is 0 Å². The number of hydrogen-bond acceptors (Lipinski definition) is 6. The lowest BCUT2D eigenvalue weighted by Crippen LogP contribution is -2.49. The number of aliphatic hydroxyl groups is 1. The summed E-state index contributed by atoms with van der Waals surface area (Å²) in [6.07, 6.45) is 0.0595. The summed E-state index contributed by atoms with van der Waals surface area (Å²) in [5.41, 5.74) is 0.863. The van der Waals surface area contributed by atoms with Gasteiger partial charge in [0, 0.05) is 28.2 Å². The fourth-order valence-electron chi connectivity index (χ4n) is 4.20. The predicted octanol–water partition coefficient (Wildman–Crippen LogP) is 4.80. The van der Waals surface area contributed by atoms with E-state index >= 15 is 0 Å². The fourth-order valence-corrected chi connectivity index (χ4v) is 4.46. The molecule has 0 bridgehead atoms. The van der Waals surface area contributed by atoms with Gasteiger partial charge in [0.15, 0.2) is 0 Å². The highest BCUT2D eigenvalue weighted by molar-refractivity contribution is 9.10. The average Bonchev–Trinajstić information content (AvgIpc) is 2.75. The van der Waals surface area contributed by atoms with Crippen LogP contribution >= 0.6 is 15.9 Å². The number of nitrogens with one attached hydrogen (secondary N) is 1. The highest BCUT2D eigenvalue weighted by atomic mass is 79.9. The summed E-state index contributed by atoms with van der Waals surface area (Å²) in [6.45, 7) is 5.43. The molecule has 0 radical (unpaired) electrons. The third kappa shape index (κ3) is 5.22. The lowest BCUT2D eigenvalue weighted by Gasteiger charge is -2.43. The zero-order chi connectivity index (χ0) is 23.3. The van der Waals surface area contributed by atoms with Gasteiger partial charge < -0.3 is 19.9 Å². The summed E-state index contributed by atoms with van der Waals surface area (Å²) in [6, 6.07) is 16.7. The number of ether oxygens (including phenoxy) is 2. The fraction of sp³-hybridized carbons (Fsp3) is 0.360. The minimum absolute atomic E-state index is 0.0595. The van der Waals surface area contributed by atoms with Crippen molar-refractivity contribution in [3.63, 3.8) is 0 Å². The van der Waals surface area contributed by atoms with Gasteiger partial charge in [-0.1, -0.05) is 46.3 Å². The quantitative estimate of drug-likeness (QED) is 0.530. The first kappa shape index (κ1) is 24.0. The van der Waals surface area contributed by atoms with Gasteiger partial charge in [-0.3, -0.25) is 4.79 Å². The number of carbonyl (C=O) groups excluding carboxylic acids is 2. The van der Waals surface area contributed by atoms with E-state index in [4.69, 9.17) is 9.47 Å². The molecule has 2 aromatic rings. The van der Waals surface area contributed by atoms with Gasteiger partial charge in [-0.2, -0.15) is 0 Å². The molecule has 2 N–H and O–H groups in total. The zero-order valence-corrected chi connectivity index (χ0v) is 20.0. The molecule has 0 aliphatic heterocycles. The standard InChI is InChI=1S/C25H28BrNO5/c1-4-31-23(28)21-19(27-18-13-11-17(26)12-14-18)15-25(3,30)22(24(29)32-5-2)20(21)16-9-7-6-8-10-16/h6-14,20,22,27,30H,4-5,15H2,1-3H3/t20-,22+,25+/m1/s1. The molecule has 0 amide bonds. The maximum absolute atomic E-state index is 13.2. The Bertz CT molecular complexity index is 985. The second-order valence-corrected chi connectivity index (χ2v) is 8.81. The Morgan fingerprint density at radius 3 is 2.28 bits per heavy atom. The van der Waals surface area contributed by atoms with Crippen LogP contribution in [-0.4, -0.2) is 35.9 Å². The van der Waals surface area contributed by atoms with Crippen molar-refractivity contribution in [1.82, 2.24) is 0 Å². The summed E-state index contributed by atoms with van der Waals surface area (Å²) in [4.78, 5) is 26.3. The average molecular weight is 502 g/mol. The van der Waals surface area contributed by atoms with E-state index in [0.29, 0.717) is 11.3 Å². The van der Waals surface area contributed by atoms with E-state index in [9.17, 15) is 14.7 Å². The number of benzene rings is 2. The number of halogens is 1. The van der Waals surface area contributed by atoms with Gasteiger partial charge in [-0.05, 0) is 50.6 Å². The smallest absolute Gasteiger partial charge is 0.336 e. The van der Waals surface area contributed by atoms with E-state index in [1.165, 1.54) is 0 Å². The highest BCUT2D eigenvalue weighted by Gasteiger charge is 2.52. The van der Waals surface area contributed by atoms with E-state index in [0.717, 1.165) is 15.7 Å². The van der Waals surface area contributed by atoms with Gasteiger partial charge in [-0.25, -0.2) is 4.79 Å². The Morgan fingerprint density at radius 2 is 1.69 bits per heavy atom. The third-order valence-corrected chi connectivity index (χ3v) is 6.04. The van der Waals surface area contributed by atoms with Crippen molar-refractivity contribution in [2.45, 2.75) is 38.7 Å². The van der Waals surface area contributed by atoms with Gasteiger partial charge in [-0.15, -0.1) is 0 Å². The van der Waals surface area contributed by atoms with E-state index in [1.807, 2.05) is 54.6 Å². The summed E-state index contributed by atoms with van der Waals surface area (Å²) < 4.78 is 11.6. The van der Waals surface area contributed by atoms with Crippen LogP contribution in [0.25, 0.3) is 0 Å². The maximum Gasteiger partial charge on any atom is 0.336 e. The molecule has 0 fully saturated rings. The van der Waals surface area contributed by atoms with Crippen LogP contribution in [0.5, 0.6) is 0 Å². The van der Waals surface area contributed by atoms with Crippen LogP contribution in [-0.2, 0) is 19.1 Å². The molecule has 1 aliphatic carbocycles. The maximum atomic E-state index is 13.2.